The summed E-state index contributed by atoms with van der Waals surface area (Å²) < 4.78 is 0. The number of rotatable bonds is 4. The molecule has 1 unspecified atom stereocenters. The normalized spacial score (nSPS) is 20.4. The third-order valence-electron chi connectivity index (χ3n) is 7.79. The van der Waals surface area contributed by atoms with E-state index in [9.17, 15) is 0 Å². The van der Waals surface area contributed by atoms with Gasteiger partial charge in [0.05, 0.1) is 0 Å². The van der Waals surface area contributed by atoms with E-state index in [2.05, 4.69) is 85.8 Å². The van der Waals surface area contributed by atoms with E-state index >= 15 is 0 Å². The van der Waals surface area contributed by atoms with Crippen LogP contribution in [-0.4, -0.2) is 0 Å². The van der Waals surface area contributed by atoms with Crippen LogP contribution in [-0.2, 0) is 6.42 Å². The molecule has 1 atom stereocenters. The number of allylic oxidation sites excluding steroid dienone is 5. The molecule has 3 aromatic carbocycles. The van der Waals surface area contributed by atoms with E-state index in [-0.39, 0.29) is 0 Å². The van der Waals surface area contributed by atoms with Crippen LogP contribution in [0.5, 0.6) is 0 Å². The minimum atomic E-state index is 0.654. The molecule has 3 aliphatic rings. The van der Waals surface area contributed by atoms with Crippen molar-refractivity contribution < 1.29 is 0 Å². The van der Waals surface area contributed by atoms with E-state index in [0.29, 0.717) is 5.92 Å². The summed E-state index contributed by atoms with van der Waals surface area (Å²) in [5.41, 5.74) is 10.0. The molecular formula is C31H30. The fourth-order valence-electron chi connectivity index (χ4n) is 6.10. The molecular weight excluding hydrogens is 372 g/mol. The summed E-state index contributed by atoms with van der Waals surface area (Å²) in [6, 6.07) is 20.7. The monoisotopic (exact) mass is 402 g/mol. The first kappa shape index (κ1) is 18.9. The molecule has 0 saturated heterocycles. The zero-order valence-corrected chi connectivity index (χ0v) is 18.4. The van der Waals surface area contributed by atoms with E-state index in [0.717, 1.165) is 18.8 Å². The van der Waals surface area contributed by atoms with Crippen LogP contribution >= 0.6 is 0 Å². The topological polar surface area (TPSA) is 0 Å². The Morgan fingerprint density at radius 3 is 2.58 bits per heavy atom. The quantitative estimate of drug-likeness (QED) is 0.410. The number of hydrogen-bond donors (Lipinski definition) is 0. The highest BCUT2D eigenvalue weighted by atomic mass is 14.3. The highest BCUT2D eigenvalue weighted by Crippen LogP contribution is 2.44. The molecule has 1 saturated carbocycles. The van der Waals surface area contributed by atoms with Crippen LogP contribution in [0, 0.1) is 5.92 Å². The zero-order valence-electron chi connectivity index (χ0n) is 18.4. The van der Waals surface area contributed by atoms with Gasteiger partial charge in [-0.1, -0.05) is 92.6 Å². The average molecular weight is 403 g/mol. The van der Waals surface area contributed by atoms with Crippen LogP contribution in [0.15, 0.2) is 72.8 Å². The minimum Gasteiger partial charge on any atom is -0.0761 e. The predicted octanol–water partition coefficient (Wildman–Crippen LogP) is 8.57. The maximum Gasteiger partial charge on any atom is 0.00555 e. The molecule has 0 amide bonds. The number of aryl methyl sites for hydroxylation is 1. The first-order chi connectivity index (χ1) is 15.3. The van der Waals surface area contributed by atoms with Crippen molar-refractivity contribution in [3.8, 4) is 0 Å². The van der Waals surface area contributed by atoms with Gasteiger partial charge in [-0.25, -0.2) is 0 Å². The van der Waals surface area contributed by atoms with Gasteiger partial charge in [0, 0.05) is 5.92 Å². The minimum absolute atomic E-state index is 0.654. The molecule has 154 valence electrons. The van der Waals surface area contributed by atoms with Crippen LogP contribution in [0.1, 0.15) is 72.8 Å². The molecule has 0 aliphatic heterocycles. The largest absolute Gasteiger partial charge is 0.0761 e. The standard InChI is InChI=1S/C31H30/c1-2-21-13-16-30(31-10-6-5-9-27(21)31)25-12-11-23(19-25)24-14-17-29-26(20-24)15-18-28(29)22-7-3-4-8-22/h5-6,9-10,12-20,22,28H,2-4,7-8,11H2,1H3. The molecule has 0 bridgehead atoms. The average Bonchev–Trinajstić information content (AvgIpc) is 3.58. The van der Waals surface area contributed by atoms with E-state index in [1.54, 1.807) is 5.56 Å². The van der Waals surface area contributed by atoms with Crippen molar-refractivity contribution in [3.05, 3.63) is 101 Å². The van der Waals surface area contributed by atoms with Gasteiger partial charge in [-0.05, 0) is 87.4 Å². The molecule has 0 N–H and O–H groups in total. The fraction of sp³-hybridized carbons (Fsp3) is 0.290. The van der Waals surface area contributed by atoms with Gasteiger partial charge in [0.15, 0.2) is 0 Å². The van der Waals surface area contributed by atoms with Gasteiger partial charge >= 0.3 is 0 Å². The first-order valence-electron chi connectivity index (χ1n) is 12.1. The van der Waals surface area contributed by atoms with Gasteiger partial charge in [0.2, 0.25) is 0 Å². The third kappa shape index (κ3) is 3.21. The van der Waals surface area contributed by atoms with Gasteiger partial charge < -0.3 is 0 Å². The molecule has 3 aromatic rings. The molecule has 0 aromatic heterocycles. The van der Waals surface area contributed by atoms with Gasteiger partial charge in [0.25, 0.3) is 0 Å². The van der Waals surface area contributed by atoms with E-state index < -0.39 is 0 Å². The first-order valence-corrected chi connectivity index (χ1v) is 12.1. The summed E-state index contributed by atoms with van der Waals surface area (Å²) >= 11 is 0. The summed E-state index contributed by atoms with van der Waals surface area (Å²) in [6.45, 7) is 2.24. The summed E-state index contributed by atoms with van der Waals surface area (Å²) in [6.07, 6.45) is 17.4. The molecule has 0 radical (unpaired) electrons. The molecule has 0 nitrogen and oxygen atoms in total. The Balaban J connectivity index is 1.32. The maximum atomic E-state index is 2.47. The van der Waals surface area contributed by atoms with Gasteiger partial charge in [-0.2, -0.15) is 0 Å². The Bertz CT molecular complexity index is 1240. The van der Waals surface area contributed by atoms with Gasteiger partial charge in [-0.15, -0.1) is 0 Å². The van der Waals surface area contributed by atoms with Crippen LogP contribution in [0.25, 0.3) is 28.0 Å². The van der Waals surface area contributed by atoms with Crippen molar-refractivity contribution in [3.63, 3.8) is 0 Å². The molecule has 1 fully saturated rings. The maximum absolute atomic E-state index is 2.47. The second-order valence-electron chi connectivity index (χ2n) is 9.48. The van der Waals surface area contributed by atoms with Crippen molar-refractivity contribution in [1.29, 1.82) is 0 Å². The van der Waals surface area contributed by atoms with Gasteiger partial charge in [0.1, 0.15) is 0 Å². The summed E-state index contributed by atoms with van der Waals surface area (Å²) in [5.74, 6) is 1.52. The lowest BCUT2D eigenvalue weighted by atomic mass is 9.86. The molecule has 0 heteroatoms. The second kappa shape index (κ2) is 7.68. The lowest BCUT2D eigenvalue weighted by molar-refractivity contribution is 0.498. The Hall–Kier alpha value is -2.86. The summed E-state index contributed by atoms with van der Waals surface area (Å²) in [4.78, 5) is 0. The molecule has 6 rings (SSSR count). The highest BCUT2D eigenvalue weighted by Gasteiger charge is 2.28. The smallest absolute Gasteiger partial charge is 0.00555 e. The van der Waals surface area contributed by atoms with E-state index in [1.807, 2.05) is 0 Å². The predicted molar refractivity (Wildman–Crippen MR) is 134 cm³/mol. The molecule has 31 heavy (non-hydrogen) atoms. The summed E-state index contributed by atoms with van der Waals surface area (Å²) in [7, 11) is 0. The van der Waals surface area contributed by atoms with Crippen molar-refractivity contribution in [1.82, 2.24) is 0 Å². The Morgan fingerprint density at radius 1 is 0.903 bits per heavy atom. The Labute approximate surface area is 186 Å². The van der Waals surface area contributed by atoms with Crippen LogP contribution in [0.4, 0.5) is 0 Å². The zero-order chi connectivity index (χ0) is 20.8. The Morgan fingerprint density at radius 2 is 1.74 bits per heavy atom. The van der Waals surface area contributed by atoms with Crippen molar-refractivity contribution >= 4 is 28.0 Å². The molecule has 0 heterocycles. The number of hydrogen-bond acceptors (Lipinski definition) is 0. The van der Waals surface area contributed by atoms with Crippen LogP contribution < -0.4 is 0 Å². The van der Waals surface area contributed by atoms with Gasteiger partial charge in [-0.3, -0.25) is 0 Å². The summed E-state index contributed by atoms with van der Waals surface area (Å²) in [5, 5.41) is 2.77. The van der Waals surface area contributed by atoms with Crippen molar-refractivity contribution in [2.75, 3.05) is 0 Å². The number of fused-ring (bicyclic) bond motifs is 2. The number of benzene rings is 3. The third-order valence-corrected chi connectivity index (χ3v) is 7.79. The highest BCUT2D eigenvalue weighted by molar-refractivity contribution is 6.01. The lowest BCUT2D eigenvalue weighted by Gasteiger charge is -2.18. The SMILES string of the molecule is CCc1ccc(C2=CCC(c3ccc4c(c3)C=CC4C3CCCC3)=C2)c2ccccc12. The second-order valence-corrected chi connectivity index (χ2v) is 9.48. The van der Waals surface area contributed by atoms with E-state index in [4.69, 9.17) is 0 Å². The van der Waals surface area contributed by atoms with E-state index in [1.165, 1.54) is 69.9 Å². The molecule has 0 spiro atoms. The van der Waals surface area contributed by atoms with Crippen LogP contribution in [0.3, 0.4) is 0 Å². The fourth-order valence-corrected chi connectivity index (χ4v) is 6.10. The van der Waals surface area contributed by atoms with Crippen molar-refractivity contribution in [2.24, 2.45) is 5.92 Å². The van der Waals surface area contributed by atoms with Crippen molar-refractivity contribution in [2.45, 2.75) is 51.4 Å². The molecule has 3 aliphatic carbocycles. The van der Waals surface area contributed by atoms with Crippen LogP contribution in [0.2, 0.25) is 0 Å². The Kier molecular flexibility index (Phi) is 4.68. The lowest BCUT2D eigenvalue weighted by Crippen LogP contribution is -2.05.